The van der Waals surface area contributed by atoms with Crippen molar-refractivity contribution in [1.29, 1.82) is 0 Å². The molecule has 0 fully saturated rings. The standard InChI is InChI=1S/C8H11.3C3H8N.Ti/c1-2-5-8-6-3-4-7-8;3*1-3-4-2;/h3,6H,2,4-5H2,1H3;3*3H2,1-2H3;/q;3*-1;+3. The fourth-order valence-electron chi connectivity index (χ4n) is 3.63. The molecular formula is C17H35N3Ti. The second-order valence-corrected chi connectivity index (χ2v) is 12.5. The van der Waals surface area contributed by atoms with Crippen LogP contribution in [-0.2, 0) is 17.4 Å². The SMILES string of the molecule is CCCC1=[C]([Ti]([N](C)CC)([N](C)CC)[N](C)CC)CC=C1. The second-order valence-electron chi connectivity index (χ2n) is 6.04. The molecule has 0 saturated heterocycles. The maximum atomic E-state index is 2.69. The van der Waals surface area contributed by atoms with E-state index in [1.807, 2.05) is 0 Å². The van der Waals surface area contributed by atoms with Gasteiger partial charge in [0.1, 0.15) is 0 Å². The molecule has 122 valence electrons. The Morgan fingerprint density at radius 1 is 0.905 bits per heavy atom. The summed E-state index contributed by atoms with van der Waals surface area (Å²) in [5, 5.41) is 0. The Labute approximate surface area is 137 Å². The fourth-order valence-corrected chi connectivity index (χ4v) is 12.2. The molecule has 1 aliphatic carbocycles. The van der Waals surface area contributed by atoms with E-state index in [2.05, 4.69) is 71.1 Å². The predicted octanol–water partition coefficient (Wildman–Crippen LogP) is 3.75. The quantitative estimate of drug-likeness (QED) is 0.597. The predicted molar refractivity (Wildman–Crippen MR) is 90.6 cm³/mol. The molecule has 0 unspecified atom stereocenters. The second kappa shape index (κ2) is 8.64. The zero-order valence-electron chi connectivity index (χ0n) is 15.2. The van der Waals surface area contributed by atoms with Gasteiger partial charge in [-0.15, -0.1) is 0 Å². The summed E-state index contributed by atoms with van der Waals surface area (Å²) in [4.78, 5) is 0. The Bertz CT molecular complexity index is 363. The summed E-state index contributed by atoms with van der Waals surface area (Å²) in [5.41, 5.74) is 1.62. The van der Waals surface area contributed by atoms with E-state index in [1.165, 1.54) is 12.8 Å². The van der Waals surface area contributed by atoms with Crippen molar-refractivity contribution >= 4 is 0 Å². The number of hydrogen-bond donors (Lipinski definition) is 0. The van der Waals surface area contributed by atoms with E-state index in [9.17, 15) is 0 Å². The van der Waals surface area contributed by atoms with Gasteiger partial charge < -0.3 is 0 Å². The molecule has 4 heteroatoms. The van der Waals surface area contributed by atoms with E-state index in [0.29, 0.717) is 0 Å². The summed E-state index contributed by atoms with van der Waals surface area (Å²) in [6.45, 7) is 12.6. The van der Waals surface area contributed by atoms with E-state index in [1.54, 1.807) is 9.45 Å². The Morgan fingerprint density at radius 2 is 1.38 bits per heavy atom. The van der Waals surface area contributed by atoms with Gasteiger partial charge in [0.05, 0.1) is 0 Å². The first-order valence-electron chi connectivity index (χ1n) is 8.53. The van der Waals surface area contributed by atoms with Gasteiger partial charge >= 0.3 is 137 Å². The van der Waals surface area contributed by atoms with Crippen LogP contribution in [0.2, 0.25) is 0 Å². The molecule has 21 heavy (non-hydrogen) atoms. The van der Waals surface area contributed by atoms with Gasteiger partial charge in [-0.2, -0.15) is 0 Å². The summed E-state index contributed by atoms with van der Waals surface area (Å²) in [5.74, 6) is 0. The molecule has 0 bridgehead atoms. The molecule has 1 aliphatic rings. The van der Waals surface area contributed by atoms with Crippen LogP contribution in [0, 0.1) is 0 Å². The average molecular weight is 329 g/mol. The molecule has 1 rings (SSSR count). The molecule has 0 saturated carbocycles. The number of rotatable bonds is 9. The van der Waals surface area contributed by atoms with Crippen molar-refractivity contribution in [1.82, 2.24) is 10.1 Å². The van der Waals surface area contributed by atoms with Crippen molar-refractivity contribution in [2.75, 3.05) is 40.8 Å². The van der Waals surface area contributed by atoms with Crippen molar-refractivity contribution < 1.29 is 17.4 Å². The third kappa shape index (κ3) is 3.53. The van der Waals surface area contributed by atoms with E-state index in [-0.39, 0.29) is 0 Å². The van der Waals surface area contributed by atoms with Crippen molar-refractivity contribution in [3.63, 3.8) is 0 Å². The first-order chi connectivity index (χ1) is 10.00. The molecule has 0 radical (unpaired) electrons. The van der Waals surface area contributed by atoms with Crippen molar-refractivity contribution in [3.8, 4) is 0 Å². The molecule has 0 atom stereocenters. The van der Waals surface area contributed by atoms with Gasteiger partial charge in [-0.05, 0) is 0 Å². The Kier molecular flexibility index (Phi) is 7.87. The fraction of sp³-hybridized carbons (Fsp3) is 0.765. The summed E-state index contributed by atoms with van der Waals surface area (Å²) in [6.07, 6.45) is 8.41. The van der Waals surface area contributed by atoms with Crippen LogP contribution in [0.5, 0.6) is 0 Å². The minimum absolute atomic E-state index is 1.12. The minimum atomic E-state index is -2.60. The molecule has 0 spiro atoms. The Hall–Kier alpha value is 0.0743. The summed E-state index contributed by atoms with van der Waals surface area (Å²) in [6, 6.07) is 0. The molecule has 0 aromatic rings. The van der Waals surface area contributed by atoms with Crippen molar-refractivity contribution in [2.45, 2.75) is 47.0 Å². The van der Waals surface area contributed by atoms with Gasteiger partial charge in [0, 0.05) is 0 Å². The Balaban J connectivity index is 3.45. The van der Waals surface area contributed by atoms with Crippen LogP contribution < -0.4 is 0 Å². The van der Waals surface area contributed by atoms with E-state index >= 15 is 0 Å². The van der Waals surface area contributed by atoms with E-state index in [0.717, 1.165) is 26.1 Å². The first kappa shape index (κ1) is 19.1. The first-order valence-corrected chi connectivity index (χ1v) is 11.4. The van der Waals surface area contributed by atoms with Gasteiger partial charge in [-0.3, -0.25) is 0 Å². The van der Waals surface area contributed by atoms with Crippen LogP contribution in [0.1, 0.15) is 47.0 Å². The molecule has 0 N–H and O–H groups in total. The molecule has 3 nitrogen and oxygen atoms in total. The van der Waals surface area contributed by atoms with Crippen molar-refractivity contribution in [2.24, 2.45) is 0 Å². The summed E-state index contributed by atoms with van der Waals surface area (Å²) >= 11 is -2.60. The average Bonchev–Trinajstić information content (AvgIpc) is 2.96. The molecule has 0 amide bonds. The van der Waals surface area contributed by atoms with Gasteiger partial charge in [0.15, 0.2) is 0 Å². The van der Waals surface area contributed by atoms with Crippen molar-refractivity contribution in [3.05, 3.63) is 21.6 Å². The zero-order valence-corrected chi connectivity index (χ0v) is 16.8. The van der Waals surface area contributed by atoms with Crippen LogP contribution in [-0.4, -0.2) is 50.9 Å². The number of allylic oxidation sites excluding steroid dienone is 4. The van der Waals surface area contributed by atoms with Gasteiger partial charge in [0.25, 0.3) is 0 Å². The van der Waals surface area contributed by atoms with Gasteiger partial charge in [-0.1, -0.05) is 0 Å². The van der Waals surface area contributed by atoms with Crippen LogP contribution in [0.15, 0.2) is 21.6 Å². The van der Waals surface area contributed by atoms with Crippen LogP contribution >= 0.6 is 0 Å². The summed E-state index contributed by atoms with van der Waals surface area (Å²) < 4.78 is 9.82. The van der Waals surface area contributed by atoms with E-state index < -0.39 is 17.4 Å². The molecular weight excluding hydrogens is 294 g/mol. The Morgan fingerprint density at radius 3 is 1.76 bits per heavy atom. The van der Waals surface area contributed by atoms with Crippen LogP contribution in [0.25, 0.3) is 0 Å². The topological polar surface area (TPSA) is 9.72 Å². The van der Waals surface area contributed by atoms with Gasteiger partial charge in [-0.25, -0.2) is 0 Å². The van der Waals surface area contributed by atoms with E-state index in [4.69, 9.17) is 0 Å². The van der Waals surface area contributed by atoms with Gasteiger partial charge in [0.2, 0.25) is 0 Å². The maximum absolute atomic E-state index is 2.69. The third-order valence-electron chi connectivity index (χ3n) is 4.97. The number of nitrogens with zero attached hydrogens (tertiary/aromatic N) is 3. The molecule has 0 aromatic carbocycles. The molecule has 0 heterocycles. The monoisotopic (exact) mass is 329 g/mol. The van der Waals surface area contributed by atoms with Crippen LogP contribution in [0.3, 0.4) is 0 Å². The summed E-state index contributed by atoms with van der Waals surface area (Å²) in [7, 11) is 7.02. The third-order valence-corrected chi connectivity index (χ3v) is 13.5. The molecule has 0 aliphatic heterocycles. The normalized spacial score (nSPS) is 16.1. The molecule has 0 aromatic heterocycles. The number of hydrogen-bond acceptors (Lipinski definition) is 3. The van der Waals surface area contributed by atoms with Crippen LogP contribution in [0.4, 0.5) is 0 Å². The zero-order chi connectivity index (χ0) is 16.0.